The van der Waals surface area contributed by atoms with Gasteiger partial charge in [-0.15, -0.1) is 0 Å². The Kier molecular flexibility index (Phi) is 3.67. The Bertz CT molecular complexity index is 515. The number of nitrogens with zero attached hydrogens (tertiary/aromatic N) is 1. The number of hydrogen-bond acceptors (Lipinski definition) is 3. The first kappa shape index (κ1) is 13.8. The van der Waals surface area contributed by atoms with E-state index < -0.39 is 0 Å². The van der Waals surface area contributed by atoms with Gasteiger partial charge in [0.05, 0.1) is 0 Å². The third-order valence-electron chi connectivity index (χ3n) is 4.14. The van der Waals surface area contributed by atoms with Gasteiger partial charge in [0.15, 0.2) is 0 Å². The summed E-state index contributed by atoms with van der Waals surface area (Å²) in [7, 11) is 0. The molecule has 0 saturated carbocycles. The Hall–Kier alpha value is -1.16. The number of rotatable bonds is 2. The summed E-state index contributed by atoms with van der Waals surface area (Å²) in [6.45, 7) is 7.11. The van der Waals surface area contributed by atoms with Gasteiger partial charge in [0.25, 0.3) is 0 Å². The summed E-state index contributed by atoms with van der Waals surface area (Å²) in [6.07, 6.45) is 0.630. The first-order valence-electron chi connectivity index (χ1n) is 7.30. The molecule has 1 aromatic rings. The molecule has 3 nitrogen and oxygen atoms in total. The normalized spacial score (nSPS) is 24.1. The maximum Gasteiger partial charge on any atom is 0.223 e. The Balaban J connectivity index is 1.65. The van der Waals surface area contributed by atoms with Crippen molar-refractivity contribution in [2.24, 2.45) is 0 Å². The highest BCUT2D eigenvalue weighted by Gasteiger charge is 2.32. The maximum absolute atomic E-state index is 12.5. The van der Waals surface area contributed by atoms with Crippen molar-refractivity contribution in [3.63, 3.8) is 0 Å². The van der Waals surface area contributed by atoms with Crippen LogP contribution >= 0.6 is 11.8 Å². The summed E-state index contributed by atoms with van der Waals surface area (Å²) in [5, 5.41) is 3.40. The molecule has 108 valence electrons. The Morgan fingerprint density at radius 1 is 1.45 bits per heavy atom. The lowest BCUT2D eigenvalue weighted by Crippen LogP contribution is -2.46. The third-order valence-corrected chi connectivity index (χ3v) is 5.44. The summed E-state index contributed by atoms with van der Waals surface area (Å²) < 4.78 is 0.194. The van der Waals surface area contributed by atoms with E-state index in [0.717, 1.165) is 25.4 Å². The molecule has 0 aliphatic carbocycles. The first-order valence-corrected chi connectivity index (χ1v) is 8.28. The lowest BCUT2D eigenvalue weighted by molar-refractivity contribution is -0.131. The standard InChI is InChI=1S/C16H22N2OS/c1-16(2)11-18(7-8-20-16)15(19)9-12-10-17-14-6-4-3-5-13(12)14/h3-6,12,17H,7-11H2,1-2H3. The second kappa shape index (κ2) is 5.32. The topological polar surface area (TPSA) is 32.3 Å². The van der Waals surface area contributed by atoms with Crippen molar-refractivity contribution in [1.29, 1.82) is 0 Å². The number of thioether (sulfide) groups is 1. The first-order chi connectivity index (χ1) is 9.55. The molecule has 2 aliphatic rings. The molecule has 1 amide bonds. The number of anilines is 1. The minimum atomic E-state index is 0.194. The number of nitrogens with one attached hydrogen (secondary N) is 1. The fraction of sp³-hybridized carbons (Fsp3) is 0.562. The molecule has 1 N–H and O–H groups in total. The molecule has 3 rings (SSSR count). The fourth-order valence-corrected chi connectivity index (χ4v) is 4.22. The van der Waals surface area contributed by atoms with Crippen molar-refractivity contribution in [2.45, 2.75) is 30.9 Å². The monoisotopic (exact) mass is 290 g/mol. The van der Waals surface area contributed by atoms with Crippen LogP contribution in [0.15, 0.2) is 24.3 Å². The largest absolute Gasteiger partial charge is 0.384 e. The molecule has 1 atom stereocenters. The van der Waals surface area contributed by atoms with Gasteiger partial charge in [0, 0.05) is 48.2 Å². The third kappa shape index (κ3) is 2.80. The highest BCUT2D eigenvalue weighted by atomic mass is 32.2. The quantitative estimate of drug-likeness (QED) is 0.909. The van der Waals surface area contributed by atoms with Crippen molar-refractivity contribution in [2.75, 3.05) is 30.7 Å². The van der Waals surface area contributed by atoms with Crippen LogP contribution in [-0.2, 0) is 4.79 Å². The fourth-order valence-electron chi connectivity index (χ4n) is 3.11. The van der Waals surface area contributed by atoms with Crippen molar-refractivity contribution in [1.82, 2.24) is 4.90 Å². The highest BCUT2D eigenvalue weighted by Crippen LogP contribution is 2.35. The molecule has 1 fully saturated rings. The summed E-state index contributed by atoms with van der Waals surface area (Å²) in [5.41, 5.74) is 2.49. The number of carbonyl (C=O) groups is 1. The van der Waals surface area contributed by atoms with E-state index in [9.17, 15) is 4.79 Å². The predicted octanol–water partition coefficient (Wildman–Crippen LogP) is 2.94. The van der Waals surface area contributed by atoms with E-state index in [2.05, 4.69) is 42.3 Å². The van der Waals surface area contributed by atoms with Gasteiger partial charge >= 0.3 is 0 Å². The van der Waals surface area contributed by atoms with Crippen LogP contribution in [0.3, 0.4) is 0 Å². The molecule has 4 heteroatoms. The van der Waals surface area contributed by atoms with Gasteiger partial charge in [-0.05, 0) is 25.5 Å². The average Bonchev–Trinajstić information content (AvgIpc) is 2.81. The maximum atomic E-state index is 12.5. The lowest BCUT2D eigenvalue weighted by Gasteiger charge is -2.38. The lowest BCUT2D eigenvalue weighted by atomic mass is 9.97. The van der Waals surface area contributed by atoms with Crippen LogP contribution < -0.4 is 5.32 Å². The van der Waals surface area contributed by atoms with E-state index >= 15 is 0 Å². The van der Waals surface area contributed by atoms with Gasteiger partial charge in [-0.2, -0.15) is 11.8 Å². The van der Waals surface area contributed by atoms with Crippen molar-refractivity contribution < 1.29 is 4.79 Å². The molecule has 1 unspecified atom stereocenters. The SMILES string of the molecule is CC1(C)CN(C(=O)CC2CNc3ccccc32)CCS1. The van der Waals surface area contributed by atoms with Crippen LogP contribution in [0.2, 0.25) is 0 Å². The molecule has 0 aromatic heterocycles. The second-order valence-corrected chi connectivity index (χ2v) is 8.09. The van der Waals surface area contributed by atoms with Crippen LogP contribution in [-0.4, -0.2) is 40.9 Å². The van der Waals surface area contributed by atoms with Crippen LogP contribution in [0.25, 0.3) is 0 Å². The molecule has 0 bridgehead atoms. The number of benzene rings is 1. The molecule has 1 aromatic carbocycles. The molecular formula is C16H22N2OS. The molecule has 0 radical (unpaired) electrons. The Morgan fingerprint density at radius 2 is 2.25 bits per heavy atom. The second-order valence-electron chi connectivity index (χ2n) is 6.29. The van der Waals surface area contributed by atoms with Crippen molar-refractivity contribution in [3.05, 3.63) is 29.8 Å². The zero-order valence-electron chi connectivity index (χ0n) is 12.2. The zero-order chi connectivity index (χ0) is 14.2. The number of amides is 1. The van der Waals surface area contributed by atoms with E-state index in [4.69, 9.17) is 0 Å². The number of fused-ring (bicyclic) bond motifs is 1. The predicted molar refractivity (Wildman–Crippen MR) is 85.4 cm³/mol. The highest BCUT2D eigenvalue weighted by molar-refractivity contribution is 8.00. The van der Waals surface area contributed by atoms with E-state index in [-0.39, 0.29) is 4.75 Å². The number of para-hydroxylation sites is 1. The summed E-state index contributed by atoms with van der Waals surface area (Å²) in [6, 6.07) is 8.34. The molecule has 1 saturated heterocycles. The van der Waals surface area contributed by atoms with Gasteiger partial charge in [-0.3, -0.25) is 4.79 Å². The summed E-state index contributed by atoms with van der Waals surface area (Å²) in [5.74, 6) is 1.69. The van der Waals surface area contributed by atoms with Gasteiger partial charge in [-0.1, -0.05) is 18.2 Å². The van der Waals surface area contributed by atoms with Gasteiger partial charge < -0.3 is 10.2 Å². The van der Waals surface area contributed by atoms with Crippen LogP contribution in [0, 0.1) is 0 Å². The molecule has 2 heterocycles. The molecular weight excluding hydrogens is 268 g/mol. The van der Waals surface area contributed by atoms with Crippen LogP contribution in [0.1, 0.15) is 31.7 Å². The minimum absolute atomic E-state index is 0.194. The minimum Gasteiger partial charge on any atom is -0.384 e. The Labute approximate surface area is 125 Å². The van der Waals surface area contributed by atoms with Crippen molar-refractivity contribution in [3.8, 4) is 0 Å². The molecule has 0 spiro atoms. The number of hydrogen-bond donors (Lipinski definition) is 1. The van der Waals surface area contributed by atoms with E-state index in [1.54, 1.807) is 0 Å². The molecule has 20 heavy (non-hydrogen) atoms. The van der Waals surface area contributed by atoms with Gasteiger partial charge in [0.1, 0.15) is 0 Å². The van der Waals surface area contributed by atoms with E-state index in [1.165, 1.54) is 11.3 Å². The van der Waals surface area contributed by atoms with Crippen LogP contribution in [0.5, 0.6) is 0 Å². The average molecular weight is 290 g/mol. The van der Waals surface area contributed by atoms with Gasteiger partial charge in [-0.25, -0.2) is 0 Å². The van der Waals surface area contributed by atoms with E-state index in [0.29, 0.717) is 18.2 Å². The van der Waals surface area contributed by atoms with E-state index in [1.807, 2.05) is 17.8 Å². The summed E-state index contributed by atoms with van der Waals surface area (Å²) >= 11 is 1.97. The summed E-state index contributed by atoms with van der Waals surface area (Å²) in [4.78, 5) is 14.6. The van der Waals surface area contributed by atoms with Crippen LogP contribution in [0.4, 0.5) is 5.69 Å². The number of carbonyl (C=O) groups excluding carboxylic acids is 1. The Morgan fingerprint density at radius 3 is 3.05 bits per heavy atom. The van der Waals surface area contributed by atoms with Gasteiger partial charge in [0.2, 0.25) is 5.91 Å². The smallest absolute Gasteiger partial charge is 0.223 e. The zero-order valence-corrected chi connectivity index (χ0v) is 13.0. The molecule has 2 aliphatic heterocycles. The van der Waals surface area contributed by atoms with Crippen molar-refractivity contribution >= 4 is 23.4 Å².